The van der Waals surface area contributed by atoms with Gasteiger partial charge >= 0.3 is 6.03 Å². The van der Waals surface area contributed by atoms with Crippen molar-refractivity contribution in [3.05, 3.63) is 47.3 Å². The van der Waals surface area contributed by atoms with Crippen LogP contribution in [0.3, 0.4) is 0 Å². The average molecular weight is 550 g/mol. The summed E-state index contributed by atoms with van der Waals surface area (Å²) in [6.07, 6.45) is 6.11. The highest BCUT2D eigenvalue weighted by atomic mass is 16.2. The van der Waals surface area contributed by atoms with Gasteiger partial charge in [0.05, 0.1) is 6.04 Å². The minimum Gasteiger partial charge on any atom is -0.357 e. The molecule has 40 heavy (non-hydrogen) atoms. The zero-order valence-corrected chi connectivity index (χ0v) is 23.6. The predicted molar refractivity (Wildman–Crippen MR) is 150 cm³/mol. The van der Waals surface area contributed by atoms with Gasteiger partial charge in [-0.05, 0) is 54.0 Å². The Kier molecular flexibility index (Phi) is 7.57. The third-order valence-electron chi connectivity index (χ3n) is 8.84. The van der Waals surface area contributed by atoms with E-state index >= 15 is 0 Å². The minimum atomic E-state index is -1.03. The molecule has 3 atom stereocenters. The molecule has 5 rings (SSSR count). The molecule has 1 unspecified atom stereocenters. The molecular formula is C29H39N7O4. The molecule has 5 amide bonds. The van der Waals surface area contributed by atoms with Gasteiger partial charge in [-0.3, -0.25) is 19.1 Å². The standard InChI is InChI=1S/C29H39N7O4/c1-17(2)22-16-36(28(40)33-22)29(27(39)30-3)14-19-9-10-21(13-20(19)15-29)32-26(38)24(18-7-5-6-8-18)34-25(37)23-11-12-31-35(23)4/h9-13,17-18,22,24H,5-8,14-16H2,1-4H3,(H,30,39)(H,32,38)(H,33,40)(H,34,37)/t22-,24-,29?/m0/s1. The summed E-state index contributed by atoms with van der Waals surface area (Å²) in [5, 5.41) is 15.8. The molecule has 0 bridgehead atoms. The summed E-state index contributed by atoms with van der Waals surface area (Å²) in [5.74, 6) is -0.507. The smallest absolute Gasteiger partial charge is 0.318 e. The van der Waals surface area contributed by atoms with Crippen molar-refractivity contribution in [2.24, 2.45) is 18.9 Å². The zero-order valence-electron chi connectivity index (χ0n) is 23.6. The van der Waals surface area contributed by atoms with E-state index in [1.807, 2.05) is 18.2 Å². The molecule has 214 valence electrons. The summed E-state index contributed by atoms with van der Waals surface area (Å²) in [7, 11) is 3.29. The van der Waals surface area contributed by atoms with E-state index < -0.39 is 11.6 Å². The number of fused-ring (bicyclic) bond motifs is 1. The van der Waals surface area contributed by atoms with Crippen LogP contribution in [0.5, 0.6) is 0 Å². The van der Waals surface area contributed by atoms with Gasteiger partial charge in [-0.15, -0.1) is 0 Å². The van der Waals surface area contributed by atoms with E-state index in [0.717, 1.165) is 36.8 Å². The summed E-state index contributed by atoms with van der Waals surface area (Å²) in [5.41, 5.74) is 1.85. The van der Waals surface area contributed by atoms with Gasteiger partial charge in [-0.25, -0.2) is 4.79 Å². The first kappa shape index (κ1) is 27.7. The average Bonchev–Trinajstić information content (AvgIpc) is 3.72. The van der Waals surface area contributed by atoms with Crippen molar-refractivity contribution in [2.75, 3.05) is 18.9 Å². The molecule has 11 nitrogen and oxygen atoms in total. The molecule has 2 heterocycles. The SMILES string of the molecule is CNC(=O)C1(N2C[C@@H](C(C)C)NC2=O)Cc2ccc(NC(=O)[C@@H](NC(=O)c3ccnn3C)C3CCCC3)cc2C1. The number of hydrogen-bond donors (Lipinski definition) is 4. The quantitative estimate of drug-likeness (QED) is 0.399. The van der Waals surface area contributed by atoms with Gasteiger partial charge in [-0.1, -0.05) is 32.8 Å². The molecule has 4 N–H and O–H groups in total. The van der Waals surface area contributed by atoms with Crippen LogP contribution in [-0.2, 0) is 29.5 Å². The maximum Gasteiger partial charge on any atom is 0.318 e. The number of urea groups is 1. The third kappa shape index (κ3) is 5.04. The van der Waals surface area contributed by atoms with Crippen LogP contribution < -0.4 is 21.3 Å². The number of hydrogen-bond acceptors (Lipinski definition) is 5. The normalized spacial score (nSPS) is 23.2. The molecule has 2 fully saturated rings. The van der Waals surface area contributed by atoms with Gasteiger partial charge in [0.1, 0.15) is 17.3 Å². The number of anilines is 1. The van der Waals surface area contributed by atoms with E-state index in [1.165, 1.54) is 4.68 Å². The van der Waals surface area contributed by atoms with E-state index in [2.05, 4.69) is 40.2 Å². The fourth-order valence-corrected chi connectivity index (χ4v) is 6.47. The topological polar surface area (TPSA) is 137 Å². The number of nitrogens with one attached hydrogen (secondary N) is 4. The highest BCUT2D eigenvalue weighted by molar-refractivity contribution is 6.01. The van der Waals surface area contributed by atoms with Crippen LogP contribution in [0.2, 0.25) is 0 Å². The minimum absolute atomic E-state index is 0.0262. The van der Waals surface area contributed by atoms with E-state index in [0.29, 0.717) is 30.8 Å². The van der Waals surface area contributed by atoms with Crippen LogP contribution in [0, 0.1) is 11.8 Å². The van der Waals surface area contributed by atoms with Crippen molar-refractivity contribution in [2.45, 2.75) is 70.0 Å². The van der Waals surface area contributed by atoms with Gasteiger partial charge in [0.15, 0.2) is 0 Å². The van der Waals surface area contributed by atoms with Crippen molar-refractivity contribution in [3.8, 4) is 0 Å². The lowest BCUT2D eigenvalue weighted by Gasteiger charge is -2.36. The van der Waals surface area contributed by atoms with E-state index in [1.54, 1.807) is 31.3 Å². The number of amides is 5. The predicted octanol–water partition coefficient (Wildman–Crippen LogP) is 1.98. The lowest BCUT2D eigenvalue weighted by molar-refractivity contribution is -0.130. The number of rotatable bonds is 8. The maximum absolute atomic E-state index is 13.6. The van der Waals surface area contributed by atoms with Crippen LogP contribution >= 0.6 is 0 Å². The van der Waals surface area contributed by atoms with Crippen molar-refractivity contribution in [1.29, 1.82) is 0 Å². The fourth-order valence-electron chi connectivity index (χ4n) is 6.47. The Labute approximate surface area is 234 Å². The molecule has 3 aliphatic rings. The van der Waals surface area contributed by atoms with E-state index in [-0.39, 0.29) is 41.6 Å². The number of benzene rings is 1. The lowest BCUT2D eigenvalue weighted by Crippen LogP contribution is -2.60. The Hall–Kier alpha value is -3.89. The van der Waals surface area contributed by atoms with Crippen molar-refractivity contribution in [3.63, 3.8) is 0 Å². The monoisotopic (exact) mass is 549 g/mol. The molecule has 11 heteroatoms. The Bertz CT molecular complexity index is 1320. The number of carbonyl (C=O) groups is 4. The molecular weight excluding hydrogens is 510 g/mol. The van der Waals surface area contributed by atoms with Crippen LogP contribution in [0.4, 0.5) is 10.5 Å². The highest BCUT2D eigenvalue weighted by Crippen LogP contribution is 2.38. The van der Waals surface area contributed by atoms with Gasteiger partial charge in [0.25, 0.3) is 5.91 Å². The van der Waals surface area contributed by atoms with E-state index in [9.17, 15) is 19.2 Å². The van der Waals surface area contributed by atoms with Crippen molar-refractivity contribution >= 4 is 29.4 Å². The van der Waals surface area contributed by atoms with E-state index in [4.69, 9.17) is 0 Å². The fraction of sp³-hybridized carbons (Fsp3) is 0.552. The number of nitrogens with zero attached hydrogens (tertiary/aromatic N) is 3. The van der Waals surface area contributed by atoms with Crippen LogP contribution in [0.15, 0.2) is 30.5 Å². The third-order valence-corrected chi connectivity index (χ3v) is 8.84. The highest BCUT2D eigenvalue weighted by Gasteiger charge is 2.53. The Morgan fingerprint density at radius 2 is 1.82 bits per heavy atom. The summed E-state index contributed by atoms with van der Waals surface area (Å²) in [6, 6.07) is 6.33. The van der Waals surface area contributed by atoms with Crippen molar-refractivity contribution in [1.82, 2.24) is 30.6 Å². The number of carbonyl (C=O) groups excluding carboxylic acids is 4. The Morgan fingerprint density at radius 3 is 2.45 bits per heavy atom. The first-order valence-electron chi connectivity index (χ1n) is 14.1. The van der Waals surface area contributed by atoms with Crippen LogP contribution in [0.1, 0.15) is 61.1 Å². The van der Waals surface area contributed by atoms with Crippen LogP contribution in [-0.4, -0.2) is 69.6 Å². The lowest BCUT2D eigenvalue weighted by atomic mass is 9.91. The molecule has 1 saturated heterocycles. The molecule has 0 spiro atoms. The molecule has 1 saturated carbocycles. The summed E-state index contributed by atoms with van der Waals surface area (Å²) in [4.78, 5) is 54.5. The molecule has 2 aromatic rings. The maximum atomic E-state index is 13.6. The molecule has 1 aromatic carbocycles. The van der Waals surface area contributed by atoms with Crippen LogP contribution in [0.25, 0.3) is 0 Å². The summed E-state index contributed by atoms with van der Waals surface area (Å²) in [6.45, 7) is 4.57. The van der Waals surface area contributed by atoms with Gasteiger partial charge in [-0.2, -0.15) is 5.10 Å². The first-order valence-corrected chi connectivity index (χ1v) is 14.1. The second kappa shape index (κ2) is 10.9. The zero-order chi connectivity index (χ0) is 28.6. The van der Waals surface area contributed by atoms with Gasteiger partial charge in [0.2, 0.25) is 11.8 Å². The van der Waals surface area contributed by atoms with Crippen molar-refractivity contribution < 1.29 is 19.2 Å². The Morgan fingerprint density at radius 1 is 1.10 bits per heavy atom. The molecule has 0 radical (unpaired) electrons. The first-order chi connectivity index (χ1) is 19.1. The summed E-state index contributed by atoms with van der Waals surface area (Å²) >= 11 is 0. The second-order valence-electron chi connectivity index (χ2n) is 11.7. The number of aryl methyl sites for hydroxylation is 1. The summed E-state index contributed by atoms with van der Waals surface area (Å²) < 4.78 is 1.49. The largest absolute Gasteiger partial charge is 0.357 e. The molecule has 2 aliphatic carbocycles. The number of aromatic nitrogens is 2. The molecule has 1 aromatic heterocycles. The van der Waals surface area contributed by atoms with Gasteiger partial charge in [0, 0.05) is 45.4 Å². The second-order valence-corrected chi connectivity index (χ2v) is 11.7. The van der Waals surface area contributed by atoms with Gasteiger partial charge < -0.3 is 26.2 Å². The Balaban J connectivity index is 1.35. The number of likely N-dealkylation sites (N-methyl/N-ethyl adjacent to an activating group) is 1. The molecule has 1 aliphatic heterocycles.